The van der Waals surface area contributed by atoms with Crippen molar-refractivity contribution in [3.8, 4) is 11.5 Å². The summed E-state index contributed by atoms with van der Waals surface area (Å²) in [6.07, 6.45) is 1.52. The molecule has 1 aliphatic heterocycles. The molecular weight excluding hydrogens is 408 g/mol. The molecule has 0 bridgehead atoms. The maximum absolute atomic E-state index is 12.9. The lowest BCUT2D eigenvalue weighted by Gasteiger charge is -2.35. The van der Waals surface area contributed by atoms with Gasteiger partial charge >= 0.3 is 0 Å². The largest absolute Gasteiger partial charge is 0.497 e. The van der Waals surface area contributed by atoms with Crippen molar-refractivity contribution in [3.63, 3.8) is 0 Å². The molecule has 2 aromatic carbocycles. The van der Waals surface area contributed by atoms with Crippen molar-refractivity contribution in [2.45, 2.75) is 12.6 Å². The lowest BCUT2D eigenvalue weighted by molar-refractivity contribution is 0.0161. The number of furan rings is 1. The number of morpholine rings is 1. The fraction of sp³-hybridized carbons (Fsp3) is 0.320. The van der Waals surface area contributed by atoms with Gasteiger partial charge in [-0.2, -0.15) is 0 Å². The number of amides is 1. The van der Waals surface area contributed by atoms with Crippen molar-refractivity contribution >= 4 is 5.91 Å². The van der Waals surface area contributed by atoms with Crippen molar-refractivity contribution in [2.75, 3.05) is 40.0 Å². The summed E-state index contributed by atoms with van der Waals surface area (Å²) in [5.74, 6) is 1.56. The molecule has 1 atom stereocenters. The first kappa shape index (κ1) is 21.9. The Morgan fingerprint density at radius 3 is 2.50 bits per heavy atom. The highest BCUT2D eigenvalue weighted by Crippen LogP contribution is 2.24. The quantitative estimate of drug-likeness (QED) is 0.552. The fourth-order valence-electron chi connectivity index (χ4n) is 3.77. The lowest BCUT2D eigenvalue weighted by atomic mass is 10.0. The van der Waals surface area contributed by atoms with Crippen molar-refractivity contribution in [3.05, 3.63) is 83.8 Å². The summed E-state index contributed by atoms with van der Waals surface area (Å²) in [7, 11) is 1.65. The third kappa shape index (κ3) is 5.49. The fourth-order valence-corrected chi connectivity index (χ4v) is 3.77. The summed E-state index contributed by atoms with van der Waals surface area (Å²) in [6.45, 7) is 3.69. The van der Waals surface area contributed by atoms with E-state index in [1.165, 1.54) is 6.26 Å². The van der Waals surface area contributed by atoms with Gasteiger partial charge in [0.25, 0.3) is 5.91 Å². The number of methoxy groups -OCH3 is 1. The summed E-state index contributed by atoms with van der Waals surface area (Å²) >= 11 is 0. The van der Waals surface area contributed by atoms with Crippen LogP contribution in [0.15, 0.2) is 71.3 Å². The van der Waals surface area contributed by atoms with Gasteiger partial charge in [0.05, 0.1) is 32.6 Å². The van der Waals surface area contributed by atoms with Crippen LogP contribution >= 0.6 is 0 Å². The van der Waals surface area contributed by atoms with Crippen LogP contribution in [-0.4, -0.2) is 50.8 Å². The molecule has 1 unspecified atom stereocenters. The van der Waals surface area contributed by atoms with Crippen LogP contribution < -0.4 is 14.8 Å². The topological polar surface area (TPSA) is 73.2 Å². The van der Waals surface area contributed by atoms with Gasteiger partial charge in [-0.25, -0.2) is 0 Å². The normalized spacial score (nSPS) is 15.2. The average Bonchev–Trinajstić information content (AvgIpc) is 3.33. The van der Waals surface area contributed by atoms with Crippen molar-refractivity contribution in [1.29, 1.82) is 0 Å². The monoisotopic (exact) mass is 436 g/mol. The molecule has 1 aromatic heterocycles. The number of hydrogen-bond donors (Lipinski definition) is 1. The summed E-state index contributed by atoms with van der Waals surface area (Å²) < 4.78 is 22.1. The Labute approximate surface area is 187 Å². The second kappa shape index (κ2) is 10.8. The maximum Gasteiger partial charge on any atom is 0.287 e. The molecule has 1 amide bonds. The van der Waals surface area contributed by atoms with Gasteiger partial charge in [0, 0.05) is 25.2 Å². The van der Waals surface area contributed by atoms with E-state index in [9.17, 15) is 4.79 Å². The molecule has 7 heteroatoms. The zero-order valence-corrected chi connectivity index (χ0v) is 18.2. The van der Waals surface area contributed by atoms with Crippen LogP contribution in [0.25, 0.3) is 0 Å². The lowest BCUT2D eigenvalue weighted by Crippen LogP contribution is -2.43. The van der Waals surface area contributed by atoms with Gasteiger partial charge in [-0.15, -0.1) is 0 Å². The van der Waals surface area contributed by atoms with Crippen LogP contribution in [0.5, 0.6) is 11.5 Å². The van der Waals surface area contributed by atoms with Crippen LogP contribution in [0, 0.1) is 0 Å². The zero-order chi connectivity index (χ0) is 22.2. The van der Waals surface area contributed by atoms with E-state index in [0.717, 1.165) is 30.2 Å². The molecule has 0 saturated carbocycles. The van der Waals surface area contributed by atoms with Crippen LogP contribution in [-0.2, 0) is 11.3 Å². The molecule has 2 heterocycles. The van der Waals surface area contributed by atoms with Gasteiger partial charge < -0.3 is 23.9 Å². The highest BCUT2D eigenvalue weighted by Gasteiger charge is 2.25. The molecule has 1 aliphatic rings. The molecule has 0 radical (unpaired) electrons. The number of carbonyl (C=O) groups is 1. The van der Waals surface area contributed by atoms with Crippen molar-refractivity contribution in [2.24, 2.45) is 0 Å². The van der Waals surface area contributed by atoms with E-state index in [1.807, 2.05) is 54.6 Å². The number of carbonyl (C=O) groups excluding carboxylic acids is 1. The highest BCUT2D eigenvalue weighted by atomic mass is 16.5. The van der Waals surface area contributed by atoms with Gasteiger partial charge in [0.2, 0.25) is 0 Å². The Bertz CT molecular complexity index is 981. The van der Waals surface area contributed by atoms with Crippen molar-refractivity contribution in [1.82, 2.24) is 10.2 Å². The summed E-state index contributed by atoms with van der Waals surface area (Å²) in [5.41, 5.74) is 1.82. The average molecular weight is 437 g/mol. The predicted octanol–water partition coefficient (Wildman–Crippen LogP) is 3.67. The first-order chi connectivity index (χ1) is 15.7. The molecule has 7 nitrogen and oxygen atoms in total. The molecule has 0 spiro atoms. The molecule has 168 valence electrons. The minimum atomic E-state index is -0.256. The summed E-state index contributed by atoms with van der Waals surface area (Å²) in [6, 6.07) is 19.2. The van der Waals surface area contributed by atoms with E-state index in [2.05, 4.69) is 10.2 Å². The third-order valence-electron chi connectivity index (χ3n) is 5.53. The molecule has 32 heavy (non-hydrogen) atoms. The number of benzene rings is 2. The third-order valence-corrected chi connectivity index (χ3v) is 5.53. The van der Waals surface area contributed by atoms with Crippen LogP contribution in [0.2, 0.25) is 0 Å². The first-order valence-corrected chi connectivity index (χ1v) is 10.7. The molecule has 1 N–H and O–H groups in total. The van der Waals surface area contributed by atoms with Gasteiger partial charge in [0.1, 0.15) is 18.1 Å². The van der Waals surface area contributed by atoms with E-state index in [0.29, 0.717) is 25.3 Å². The molecule has 1 saturated heterocycles. The minimum absolute atomic E-state index is 0.0211. The molecule has 3 aromatic rings. The molecule has 1 fully saturated rings. The van der Waals surface area contributed by atoms with Gasteiger partial charge in [-0.3, -0.25) is 9.69 Å². The minimum Gasteiger partial charge on any atom is -0.497 e. The molecular formula is C25H28N2O5. The van der Waals surface area contributed by atoms with E-state index in [4.69, 9.17) is 18.6 Å². The standard InChI is InChI=1S/C25H28N2O5/c1-29-21-9-7-19(8-10-21)23(27-12-15-30-16-13-27)17-26-25(28)24-20(11-14-31-24)18-32-22-5-3-2-4-6-22/h2-11,14,23H,12-13,15-18H2,1H3,(H,26,28). The predicted molar refractivity (Wildman–Crippen MR) is 120 cm³/mol. The van der Waals surface area contributed by atoms with E-state index in [1.54, 1.807) is 13.2 Å². The van der Waals surface area contributed by atoms with Crippen LogP contribution in [0.3, 0.4) is 0 Å². The van der Waals surface area contributed by atoms with Gasteiger partial charge in [-0.1, -0.05) is 30.3 Å². The van der Waals surface area contributed by atoms with Crippen LogP contribution in [0.4, 0.5) is 0 Å². The van der Waals surface area contributed by atoms with Crippen LogP contribution in [0.1, 0.15) is 27.7 Å². The molecule has 4 rings (SSSR count). The first-order valence-electron chi connectivity index (χ1n) is 10.7. The van der Waals surface area contributed by atoms with Crippen molar-refractivity contribution < 1.29 is 23.4 Å². The second-order valence-corrected chi connectivity index (χ2v) is 7.52. The number of para-hydroxylation sites is 1. The number of rotatable bonds is 9. The van der Waals surface area contributed by atoms with E-state index >= 15 is 0 Å². The number of ether oxygens (including phenoxy) is 3. The van der Waals surface area contributed by atoms with E-state index < -0.39 is 0 Å². The Hall–Kier alpha value is -3.29. The molecule has 0 aliphatic carbocycles. The summed E-state index contributed by atoms with van der Waals surface area (Å²) in [5, 5.41) is 3.05. The zero-order valence-electron chi connectivity index (χ0n) is 18.2. The maximum atomic E-state index is 12.9. The Morgan fingerprint density at radius 1 is 1.03 bits per heavy atom. The number of nitrogens with zero attached hydrogens (tertiary/aromatic N) is 1. The second-order valence-electron chi connectivity index (χ2n) is 7.52. The smallest absolute Gasteiger partial charge is 0.287 e. The Morgan fingerprint density at radius 2 is 1.78 bits per heavy atom. The number of hydrogen-bond acceptors (Lipinski definition) is 6. The SMILES string of the molecule is COc1ccc(C(CNC(=O)c2occc2COc2ccccc2)N2CCOCC2)cc1. The van der Waals surface area contributed by atoms with Gasteiger partial charge in [-0.05, 0) is 35.9 Å². The number of nitrogens with one attached hydrogen (secondary N) is 1. The van der Waals surface area contributed by atoms with Gasteiger partial charge in [0.15, 0.2) is 5.76 Å². The Balaban J connectivity index is 1.42. The highest BCUT2D eigenvalue weighted by molar-refractivity contribution is 5.92. The summed E-state index contributed by atoms with van der Waals surface area (Å²) in [4.78, 5) is 15.3. The van der Waals surface area contributed by atoms with E-state index in [-0.39, 0.29) is 24.3 Å². The Kier molecular flexibility index (Phi) is 7.42.